The molecule has 3 aromatic rings. The number of nitrogens with zero attached hydrogens (tertiary/aromatic N) is 2. The zero-order valence-corrected chi connectivity index (χ0v) is 24.1. The Bertz CT molecular complexity index is 1250. The van der Waals surface area contributed by atoms with Gasteiger partial charge in [0.05, 0.1) is 18.0 Å². The lowest BCUT2D eigenvalue weighted by Crippen LogP contribution is -2.29. The fraction of sp³-hybridized carbons (Fsp3) is 0.448. The minimum atomic E-state index is -3.53. The Morgan fingerprint density at radius 2 is 1.71 bits per heavy atom. The van der Waals surface area contributed by atoms with Crippen molar-refractivity contribution in [3.8, 4) is 17.0 Å². The summed E-state index contributed by atoms with van der Waals surface area (Å²) in [5.74, 6) is 0.282. The van der Waals surface area contributed by atoms with E-state index in [2.05, 4.69) is 43.1 Å². The molecule has 2 aromatic carbocycles. The van der Waals surface area contributed by atoms with Gasteiger partial charge in [-0.15, -0.1) is 11.3 Å². The van der Waals surface area contributed by atoms with Crippen LogP contribution in [-0.2, 0) is 28.0 Å². The first-order chi connectivity index (χ1) is 18.2. The highest BCUT2D eigenvalue weighted by molar-refractivity contribution is 7.89. The van der Waals surface area contributed by atoms with E-state index in [1.165, 1.54) is 53.9 Å². The number of carboxylic acid groups (broad SMARTS) is 1. The summed E-state index contributed by atoms with van der Waals surface area (Å²) in [7, 11) is -2.04. The van der Waals surface area contributed by atoms with Gasteiger partial charge in [-0.05, 0) is 48.4 Å². The molecule has 7 nitrogen and oxygen atoms in total. The number of aromatic nitrogens is 1. The van der Waals surface area contributed by atoms with Gasteiger partial charge in [-0.25, -0.2) is 13.4 Å². The fourth-order valence-electron chi connectivity index (χ4n) is 4.32. The van der Waals surface area contributed by atoms with Crippen LogP contribution in [0.3, 0.4) is 0 Å². The standard InChI is InChI=1S/C29H38N2O5S2/c1-4-7-23(8-5-2)24-14-16-26(17-15-24)36-20-22-10-12-25(13-11-22)27-21-37-28(30-27)19-31(3)38(34,35)18-6-9-29(32)33/h10-17,21,23H,4-9,18-20H2,1-3H3,(H,32,33). The first-order valence-electron chi connectivity index (χ1n) is 13.1. The molecule has 0 aliphatic rings. The van der Waals surface area contributed by atoms with Crippen molar-refractivity contribution < 1.29 is 23.1 Å². The van der Waals surface area contributed by atoms with Gasteiger partial charge in [-0.3, -0.25) is 4.79 Å². The molecule has 9 heteroatoms. The predicted molar refractivity (Wildman–Crippen MR) is 153 cm³/mol. The summed E-state index contributed by atoms with van der Waals surface area (Å²) in [4.78, 5) is 15.3. The van der Waals surface area contributed by atoms with E-state index in [0.29, 0.717) is 17.5 Å². The second kappa shape index (κ2) is 14.4. The van der Waals surface area contributed by atoms with Crippen molar-refractivity contribution in [1.82, 2.24) is 9.29 Å². The Morgan fingerprint density at radius 1 is 1.05 bits per heavy atom. The monoisotopic (exact) mass is 558 g/mol. The molecule has 0 unspecified atom stereocenters. The summed E-state index contributed by atoms with van der Waals surface area (Å²) in [5, 5.41) is 11.3. The van der Waals surface area contributed by atoms with Crippen molar-refractivity contribution in [2.24, 2.45) is 0 Å². The van der Waals surface area contributed by atoms with Gasteiger partial charge < -0.3 is 9.84 Å². The van der Waals surface area contributed by atoms with Gasteiger partial charge in [-0.1, -0.05) is 63.1 Å². The van der Waals surface area contributed by atoms with Crippen molar-refractivity contribution >= 4 is 27.3 Å². The molecular formula is C29H38N2O5S2. The Labute approximate surface area is 230 Å². The van der Waals surface area contributed by atoms with Gasteiger partial charge in [0.25, 0.3) is 0 Å². The lowest BCUT2D eigenvalue weighted by atomic mass is 9.90. The number of hydrogen-bond acceptors (Lipinski definition) is 6. The average Bonchev–Trinajstić information content (AvgIpc) is 3.36. The van der Waals surface area contributed by atoms with Crippen molar-refractivity contribution in [3.05, 3.63) is 70.0 Å². The number of benzene rings is 2. The first kappa shape index (κ1) is 29.8. The van der Waals surface area contributed by atoms with Crippen LogP contribution in [0.4, 0.5) is 0 Å². The second-order valence-electron chi connectivity index (χ2n) is 9.52. The zero-order valence-electron chi connectivity index (χ0n) is 22.4. The summed E-state index contributed by atoms with van der Waals surface area (Å²) < 4.78 is 32.0. The molecule has 0 saturated heterocycles. The Balaban J connectivity index is 1.53. The van der Waals surface area contributed by atoms with Crippen molar-refractivity contribution in [3.63, 3.8) is 0 Å². The van der Waals surface area contributed by atoms with E-state index in [9.17, 15) is 13.2 Å². The maximum absolute atomic E-state index is 12.4. The molecule has 0 aliphatic heterocycles. The van der Waals surface area contributed by atoms with Crippen molar-refractivity contribution in [1.29, 1.82) is 0 Å². The predicted octanol–water partition coefficient (Wildman–Crippen LogP) is 6.70. The zero-order chi connectivity index (χ0) is 27.5. The van der Waals surface area contributed by atoms with E-state index < -0.39 is 16.0 Å². The molecule has 0 saturated carbocycles. The van der Waals surface area contributed by atoms with Gasteiger partial charge in [0.15, 0.2) is 0 Å². The number of carboxylic acids is 1. The van der Waals surface area contributed by atoms with Gasteiger partial charge in [0, 0.05) is 24.4 Å². The highest BCUT2D eigenvalue weighted by Gasteiger charge is 2.20. The van der Waals surface area contributed by atoms with Crippen LogP contribution in [0.15, 0.2) is 53.9 Å². The smallest absolute Gasteiger partial charge is 0.303 e. The normalized spacial score (nSPS) is 11.8. The summed E-state index contributed by atoms with van der Waals surface area (Å²) in [6.07, 6.45) is 4.73. The van der Waals surface area contributed by atoms with Gasteiger partial charge in [0.2, 0.25) is 10.0 Å². The molecule has 1 aromatic heterocycles. The van der Waals surface area contributed by atoms with Crippen LogP contribution >= 0.6 is 11.3 Å². The third-order valence-corrected chi connectivity index (χ3v) is 9.18. The van der Waals surface area contributed by atoms with E-state index in [1.54, 1.807) is 0 Å². The van der Waals surface area contributed by atoms with Crippen molar-refractivity contribution in [2.75, 3.05) is 12.8 Å². The number of rotatable bonds is 16. The molecule has 0 atom stereocenters. The van der Waals surface area contributed by atoms with Crippen LogP contribution in [0.2, 0.25) is 0 Å². The Hall–Kier alpha value is -2.75. The largest absolute Gasteiger partial charge is 0.489 e. The number of thiazole rings is 1. The number of hydrogen-bond donors (Lipinski definition) is 1. The van der Waals surface area contributed by atoms with Crippen LogP contribution in [0.1, 0.15) is 74.4 Å². The topological polar surface area (TPSA) is 96.8 Å². The highest BCUT2D eigenvalue weighted by Crippen LogP contribution is 2.28. The highest BCUT2D eigenvalue weighted by atomic mass is 32.2. The summed E-state index contributed by atoms with van der Waals surface area (Å²) in [6.45, 7) is 5.10. The van der Waals surface area contributed by atoms with E-state index in [-0.39, 0.29) is 25.1 Å². The van der Waals surface area contributed by atoms with Crippen LogP contribution in [-0.4, -0.2) is 41.6 Å². The minimum absolute atomic E-state index is 0.0882. The number of sulfonamides is 1. The van der Waals surface area contributed by atoms with Crippen molar-refractivity contribution in [2.45, 2.75) is 71.4 Å². The molecule has 0 bridgehead atoms. The average molecular weight is 559 g/mol. The third-order valence-electron chi connectivity index (χ3n) is 6.46. The number of aliphatic carboxylic acids is 1. The molecule has 0 radical (unpaired) electrons. The quantitative estimate of drug-likeness (QED) is 0.210. The maximum atomic E-state index is 12.4. The van der Waals surface area contributed by atoms with Gasteiger partial charge in [-0.2, -0.15) is 4.31 Å². The third kappa shape index (κ3) is 8.92. The molecule has 206 valence electrons. The molecule has 3 rings (SSSR count). The van der Waals surface area contributed by atoms with Gasteiger partial charge >= 0.3 is 5.97 Å². The fourth-order valence-corrected chi connectivity index (χ4v) is 6.39. The SMILES string of the molecule is CCCC(CCC)c1ccc(OCc2ccc(-c3csc(CN(C)S(=O)(=O)CCCC(=O)O)n3)cc2)cc1. The first-order valence-corrected chi connectivity index (χ1v) is 15.6. The molecule has 0 aliphatic carbocycles. The van der Waals surface area contributed by atoms with Crippen LogP contribution < -0.4 is 4.74 Å². The van der Waals surface area contributed by atoms with Crippen LogP contribution in [0.25, 0.3) is 11.3 Å². The molecule has 0 fully saturated rings. The van der Waals surface area contributed by atoms with Gasteiger partial charge in [0.1, 0.15) is 17.4 Å². The molecule has 1 N–H and O–H groups in total. The van der Waals surface area contributed by atoms with Crippen LogP contribution in [0, 0.1) is 0 Å². The summed E-state index contributed by atoms with van der Waals surface area (Å²) in [5.41, 5.74) is 4.18. The molecular weight excluding hydrogens is 520 g/mol. The number of ether oxygens (including phenoxy) is 1. The molecule has 0 amide bonds. The van der Waals surface area contributed by atoms with E-state index in [4.69, 9.17) is 9.84 Å². The lowest BCUT2D eigenvalue weighted by molar-refractivity contribution is -0.137. The summed E-state index contributed by atoms with van der Waals surface area (Å²) in [6, 6.07) is 16.5. The molecule has 0 spiro atoms. The Kier molecular flexibility index (Phi) is 11.3. The molecule has 1 heterocycles. The van der Waals surface area contributed by atoms with Crippen LogP contribution in [0.5, 0.6) is 5.75 Å². The number of carbonyl (C=O) groups is 1. The Morgan fingerprint density at radius 3 is 2.32 bits per heavy atom. The minimum Gasteiger partial charge on any atom is -0.489 e. The van der Waals surface area contributed by atoms with E-state index in [1.807, 2.05) is 29.6 Å². The molecule has 38 heavy (non-hydrogen) atoms. The van der Waals surface area contributed by atoms with E-state index in [0.717, 1.165) is 22.6 Å². The summed E-state index contributed by atoms with van der Waals surface area (Å²) >= 11 is 1.40. The second-order valence-corrected chi connectivity index (χ2v) is 12.7. The maximum Gasteiger partial charge on any atom is 0.303 e. The lowest BCUT2D eigenvalue weighted by Gasteiger charge is -2.16. The van der Waals surface area contributed by atoms with E-state index >= 15 is 0 Å².